The largest absolute Gasteiger partial charge is 0.334 e. The summed E-state index contributed by atoms with van der Waals surface area (Å²) in [5, 5.41) is 7.19. The lowest BCUT2D eigenvalue weighted by Crippen LogP contribution is -2.49. The molecule has 2 amide bonds. The van der Waals surface area contributed by atoms with Crippen molar-refractivity contribution in [2.24, 2.45) is 11.8 Å². The molecule has 0 aromatic heterocycles. The molecule has 5 nitrogen and oxygen atoms in total. The van der Waals surface area contributed by atoms with Gasteiger partial charge in [0.25, 0.3) is 0 Å². The Hall–Kier alpha value is -2.08. The minimum Gasteiger partial charge on any atom is -0.334 e. The molecule has 7 heteroatoms. The van der Waals surface area contributed by atoms with Gasteiger partial charge in [-0.05, 0) is 80.9 Å². The summed E-state index contributed by atoms with van der Waals surface area (Å²) in [6.07, 6.45) is 3.25. The van der Waals surface area contributed by atoms with Gasteiger partial charge in [0.15, 0.2) is 5.78 Å². The number of piperidine rings is 1. The summed E-state index contributed by atoms with van der Waals surface area (Å²) in [5.74, 6) is 0.899. The van der Waals surface area contributed by atoms with Crippen molar-refractivity contribution in [3.63, 3.8) is 0 Å². The fourth-order valence-electron chi connectivity index (χ4n) is 4.23. The summed E-state index contributed by atoms with van der Waals surface area (Å²) in [6, 6.07) is 12.7. The van der Waals surface area contributed by atoms with Crippen LogP contribution in [0.2, 0.25) is 10.0 Å². The van der Waals surface area contributed by atoms with E-state index in [1.54, 1.807) is 24.3 Å². The van der Waals surface area contributed by atoms with Crippen LogP contribution >= 0.6 is 23.2 Å². The Kier molecular flexibility index (Phi) is 9.19. The summed E-state index contributed by atoms with van der Waals surface area (Å²) in [4.78, 5) is 26.6. The lowest BCUT2D eigenvalue weighted by Gasteiger charge is -2.35. The van der Waals surface area contributed by atoms with Gasteiger partial charge in [0.1, 0.15) is 0 Å². The minimum absolute atomic E-state index is 0.0262. The van der Waals surface area contributed by atoms with Crippen molar-refractivity contribution in [3.8, 4) is 0 Å². The van der Waals surface area contributed by atoms with Crippen LogP contribution in [0.15, 0.2) is 42.5 Å². The number of hydrogen-bond acceptors (Lipinski definition) is 3. The van der Waals surface area contributed by atoms with Gasteiger partial charge in [-0.15, -0.1) is 0 Å². The third-order valence-electron chi connectivity index (χ3n) is 6.32. The molecule has 1 aliphatic rings. The fraction of sp³-hybridized carbons (Fsp3) is 0.462. The standard InChI is InChI=1S/C26H33Cl2N3O2/c1-17(2)25(30-26(33)29-22-6-4-5-21(15-22)18(3)32)16-31-11-9-19(10-12-31)13-20-7-8-23(27)24(28)14-20/h4-8,14-15,17,19,25H,9-13,16H2,1-3H3,(H2,29,30,33). The van der Waals surface area contributed by atoms with Crippen molar-refractivity contribution in [1.29, 1.82) is 0 Å². The molecule has 178 valence electrons. The Labute approximate surface area is 206 Å². The van der Waals surface area contributed by atoms with Gasteiger partial charge in [0.05, 0.1) is 10.0 Å². The van der Waals surface area contributed by atoms with E-state index in [0.717, 1.165) is 38.9 Å². The van der Waals surface area contributed by atoms with Crippen molar-refractivity contribution in [2.45, 2.75) is 46.1 Å². The molecular formula is C26H33Cl2N3O2. The Bertz CT molecular complexity index is 972. The molecule has 1 atom stereocenters. The van der Waals surface area contributed by atoms with Crippen LogP contribution in [0.5, 0.6) is 0 Å². The van der Waals surface area contributed by atoms with Crippen molar-refractivity contribution in [1.82, 2.24) is 10.2 Å². The number of Topliss-reactive ketones (excluding diaryl/α,β-unsaturated/α-hetero) is 1. The van der Waals surface area contributed by atoms with Crippen LogP contribution in [-0.4, -0.2) is 42.4 Å². The normalized spacial score (nSPS) is 15.9. The number of urea groups is 1. The van der Waals surface area contributed by atoms with E-state index in [-0.39, 0.29) is 17.9 Å². The van der Waals surface area contributed by atoms with Crippen molar-refractivity contribution in [2.75, 3.05) is 25.0 Å². The molecule has 1 fully saturated rings. The number of amides is 2. The highest BCUT2D eigenvalue weighted by atomic mass is 35.5. The second-order valence-electron chi connectivity index (χ2n) is 9.28. The Morgan fingerprint density at radius 3 is 2.42 bits per heavy atom. The number of carbonyl (C=O) groups is 2. The maximum absolute atomic E-state index is 12.6. The highest BCUT2D eigenvalue weighted by molar-refractivity contribution is 6.42. The van der Waals surface area contributed by atoms with E-state index >= 15 is 0 Å². The summed E-state index contributed by atoms with van der Waals surface area (Å²) in [7, 11) is 0. The smallest absolute Gasteiger partial charge is 0.319 e. The van der Waals surface area contributed by atoms with Gasteiger partial charge in [-0.3, -0.25) is 4.79 Å². The first kappa shape index (κ1) is 25.5. The molecule has 0 saturated carbocycles. The Balaban J connectivity index is 1.49. The Morgan fingerprint density at radius 2 is 1.79 bits per heavy atom. The second-order valence-corrected chi connectivity index (χ2v) is 10.1. The van der Waals surface area contributed by atoms with Crippen LogP contribution in [-0.2, 0) is 6.42 Å². The number of benzene rings is 2. The highest BCUT2D eigenvalue weighted by Gasteiger charge is 2.24. The van der Waals surface area contributed by atoms with Gasteiger partial charge in [-0.25, -0.2) is 4.79 Å². The minimum atomic E-state index is -0.246. The van der Waals surface area contributed by atoms with E-state index in [1.165, 1.54) is 12.5 Å². The lowest BCUT2D eigenvalue weighted by molar-refractivity contribution is 0.101. The first-order valence-corrected chi connectivity index (χ1v) is 12.3. The molecular weight excluding hydrogens is 457 g/mol. The molecule has 1 aliphatic heterocycles. The molecule has 33 heavy (non-hydrogen) atoms. The number of hydrogen-bond donors (Lipinski definition) is 2. The molecule has 0 radical (unpaired) electrons. The number of nitrogens with zero attached hydrogens (tertiary/aromatic N) is 1. The molecule has 1 saturated heterocycles. The summed E-state index contributed by atoms with van der Waals surface area (Å²) < 4.78 is 0. The predicted octanol–water partition coefficient (Wildman–Crippen LogP) is 6.30. The van der Waals surface area contributed by atoms with Gasteiger partial charge >= 0.3 is 6.03 Å². The average molecular weight is 490 g/mol. The summed E-state index contributed by atoms with van der Waals surface area (Å²) in [5.41, 5.74) is 2.43. The zero-order chi connectivity index (χ0) is 24.0. The van der Waals surface area contributed by atoms with Crippen molar-refractivity contribution < 1.29 is 9.59 Å². The lowest BCUT2D eigenvalue weighted by atomic mass is 9.89. The molecule has 2 aromatic carbocycles. The van der Waals surface area contributed by atoms with Crippen LogP contribution in [0.3, 0.4) is 0 Å². The van der Waals surface area contributed by atoms with Gasteiger partial charge in [-0.1, -0.05) is 55.2 Å². The molecule has 0 bridgehead atoms. The number of halogens is 2. The molecule has 2 aromatic rings. The number of anilines is 1. The van der Waals surface area contributed by atoms with Crippen LogP contribution in [0.25, 0.3) is 0 Å². The van der Waals surface area contributed by atoms with Gasteiger partial charge in [0.2, 0.25) is 0 Å². The molecule has 1 heterocycles. The number of rotatable bonds is 8. The quantitative estimate of drug-likeness (QED) is 0.427. The summed E-state index contributed by atoms with van der Waals surface area (Å²) >= 11 is 12.2. The number of ketones is 1. The van der Waals surface area contributed by atoms with Crippen LogP contribution in [0.1, 0.15) is 49.5 Å². The third-order valence-corrected chi connectivity index (χ3v) is 7.06. The van der Waals surface area contributed by atoms with E-state index in [0.29, 0.717) is 33.1 Å². The number of carbonyl (C=O) groups excluding carboxylic acids is 2. The first-order valence-electron chi connectivity index (χ1n) is 11.6. The van der Waals surface area contributed by atoms with E-state index in [9.17, 15) is 9.59 Å². The Morgan fingerprint density at radius 1 is 1.06 bits per heavy atom. The topological polar surface area (TPSA) is 61.4 Å². The monoisotopic (exact) mass is 489 g/mol. The third kappa shape index (κ3) is 7.73. The van der Waals surface area contributed by atoms with Gasteiger partial charge in [-0.2, -0.15) is 0 Å². The van der Waals surface area contributed by atoms with Crippen LogP contribution < -0.4 is 10.6 Å². The molecule has 0 spiro atoms. The van der Waals surface area contributed by atoms with E-state index in [4.69, 9.17) is 23.2 Å². The summed E-state index contributed by atoms with van der Waals surface area (Å²) in [6.45, 7) is 8.61. The fourth-order valence-corrected chi connectivity index (χ4v) is 4.55. The number of nitrogens with one attached hydrogen (secondary N) is 2. The highest BCUT2D eigenvalue weighted by Crippen LogP contribution is 2.27. The van der Waals surface area contributed by atoms with Gasteiger partial charge in [0, 0.05) is 23.8 Å². The molecule has 1 unspecified atom stereocenters. The van der Waals surface area contributed by atoms with Crippen molar-refractivity contribution in [3.05, 3.63) is 63.6 Å². The van der Waals surface area contributed by atoms with E-state index in [2.05, 4.69) is 35.4 Å². The first-order chi connectivity index (χ1) is 15.7. The molecule has 2 N–H and O–H groups in total. The zero-order valence-electron chi connectivity index (χ0n) is 19.5. The van der Waals surface area contributed by atoms with Crippen LogP contribution in [0.4, 0.5) is 10.5 Å². The van der Waals surface area contributed by atoms with Crippen LogP contribution in [0, 0.1) is 11.8 Å². The second kappa shape index (κ2) is 11.9. The number of likely N-dealkylation sites (tertiary alicyclic amines) is 1. The predicted molar refractivity (Wildman–Crippen MR) is 137 cm³/mol. The van der Waals surface area contributed by atoms with E-state index < -0.39 is 0 Å². The maximum atomic E-state index is 12.6. The molecule has 3 rings (SSSR count). The van der Waals surface area contributed by atoms with E-state index in [1.807, 2.05) is 12.1 Å². The van der Waals surface area contributed by atoms with Crippen molar-refractivity contribution >= 4 is 40.7 Å². The SMILES string of the molecule is CC(=O)c1cccc(NC(=O)NC(CN2CCC(Cc3ccc(Cl)c(Cl)c3)CC2)C(C)C)c1. The maximum Gasteiger partial charge on any atom is 0.319 e. The average Bonchev–Trinajstić information content (AvgIpc) is 2.77. The van der Waals surface area contributed by atoms with Gasteiger partial charge < -0.3 is 15.5 Å². The zero-order valence-corrected chi connectivity index (χ0v) is 21.0. The molecule has 0 aliphatic carbocycles.